The fourth-order valence-electron chi connectivity index (χ4n) is 3.56. The molecule has 0 radical (unpaired) electrons. The fraction of sp³-hybridized carbons (Fsp3) is 0.286. The maximum Gasteiger partial charge on any atom is 0.322 e. The molecule has 10 heteroatoms. The molecule has 0 saturated carbocycles. The monoisotopic (exact) mass is 496 g/mol. The summed E-state index contributed by atoms with van der Waals surface area (Å²) in [6, 6.07) is 13.6. The van der Waals surface area contributed by atoms with Crippen molar-refractivity contribution in [1.29, 1.82) is 0 Å². The number of rotatable bonds is 6. The van der Waals surface area contributed by atoms with Gasteiger partial charge in [0.1, 0.15) is 16.2 Å². The number of carboxylic acid groups (broad SMARTS) is 1. The maximum absolute atomic E-state index is 12.7. The lowest BCUT2D eigenvalue weighted by Gasteiger charge is -2.53. The van der Waals surface area contributed by atoms with E-state index < -0.39 is 16.8 Å². The number of halogens is 2. The second-order valence-electron chi connectivity index (χ2n) is 7.35. The Morgan fingerprint density at radius 2 is 1.94 bits per heavy atom. The van der Waals surface area contributed by atoms with Crippen LogP contribution in [0.15, 0.2) is 53.4 Å². The summed E-state index contributed by atoms with van der Waals surface area (Å²) in [7, 11) is 0. The molecule has 6 nitrogen and oxygen atoms in total. The molecule has 0 aliphatic carbocycles. The molecule has 2 heterocycles. The Hall–Kier alpha value is -1.87. The second kappa shape index (κ2) is 8.94. The zero-order valence-corrected chi connectivity index (χ0v) is 19.2. The number of nitrogens with zero attached hydrogens (tertiary/aromatic N) is 1. The highest BCUT2D eigenvalue weighted by atomic mass is 35.5. The molecule has 31 heavy (non-hydrogen) atoms. The second-order valence-corrected chi connectivity index (χ2v) is 10.7. The van der Waals surface area contributed by atoms with Gasteiger partial charge in [-0.05, 0) is 23.8 Å². The van der Waals surface area contributed by atoms with Gasteiger partial charge in [0.25, 0.3) is 0 Å². The molecule has 3 atom stereocenters. The molecule has 2 fully saturated rings. The lowest BCUT2D eigenvalue weighted by Crippen LogP contribution is -2.74. The van der Waals surface area contributed by atoms with Crippen LogP contribution in [0.5, 0.6) is 0 Å². The van der Waals surface area contributed by atoms with Gasteiger partial charge in [-0.2, -0.15) is 0 Å². The summed E-state index contributed by atoms with van der Waals surface area (Å²) in [4.78, 5) is 39.4. The number of β-lactam (4-membered cyclic amide) rings is 1. The third kappa shape index (κ3) is 4.53. The first kappa shape index (κ1) is 22.3. The Morgan fingerprint density at radius 1 is 1.19 bits per heavy atom. The summed E-state index contributed by atoms with van der Waals surface area (Å²) >= 11 is 14.5. The summed E-state index contributed by atoms with van der Waals surface area (Å²) in [6.45, 7) is 0.0504. The highest BCUT2D eigenvalue weighted by Crippen LogP contribution is 2.47. The third-order valence-corrected chi connectivity index (χ3v) is 8.95. The summed E-state index contributed by atoms with van der Waals surface area (Å²) in [5, 5.41) is 13.2. The summed E-state index contributed by atoms with van der Waals surface area (Å²) in [6.07, 6.45) is 0.189. The molecular weight excluding hydrogens is 479 g/mol. The van der Waals surface area contributed by atoms with Crippen LogP contribution in [0.2, 0.25) is 10.0 Å². The van der Waals surface area contributed by atoms with E-state index in [9.17, 15) is 19.5 Å². The summed E-state index contributed by atoms with van der Waals surface area (Å²) in [5.74, 6) is -1.21. The molecular formula is C21H18Cl2N2O4S2. The Bertz CT molecular complexity index is 1040. The Kier molecular flexibility index (Phi) is 6.44. The average Bonchev–Trinajstić information content (AvgIpc) is 2.75. The van der Waals surface area contributed by atoms with Crippen LogP contribution in [0.1, 0.15) is 5.56 Å². The van der Waals surface area contributed by atoms with Crippen LogP contribution in [0, 0.1) is 0 Å². The van der Waals surface area contributed by atoms with E-state index in [4.69, 9.17) is 23.2 Å². The van der Waals surface area contributed by atoms with Crippen molar-refractivity contribution < 1.29 is 19.5 Å². The minimum absolute atomic E-state index is 0.0504. The molecule has 2 aromatic rings. The molecule has 2 aliphatic heterocycles. The first-order valence-corrected chi connectivity index (χ1v) is 12.0. The third-order valence-electron chi connectivity index (χ3n) is 5.17. The van der Waals surface area contributed by atoms with Crippen molar-refractivity contribution >= 4 is 64.5 Å². The summed E-state index contributed by atoms with van der Waals surface area (Å²) in [5.41, 5.74) is 0.864. The Morgan fingerprint density at radius 3 is 2.61 bits per heavy atom. The lowest BCUT2D eigenvalue weighted by molar-refractivity contribution is -0.152. The molecule has 2 aromatic carbocycles. The molecule has 162 valence electrons. The molecule has 2 aliphatic rings. The van der Waals surface area contributed by atoms with Crippen LogP contribution in [0.25, 0.3) is 0 Å². The average molecular weight is 497 g/mol. The fourth-order valence-corrected chi connectivity index (χ4v) is 6.81. The smallest absolute Gasteiger partial charge is 0.322 e. The minimum Gasteiger partial charge on any atom is -0.480 e. The standard InChI is InChI=1S/C21H18Cl2N2O4S2/c22-14-7-6-13(9-15(14)23)31-21(20(28)29)10-25-18(27)17(19(25)30-11-21)24-16(26)8-12-4-2-1-3-5-12/h1-7,9,17,19H,8,10-11H2,(H,24,26)(H,28,29)/t17?,19-,21?/m1/s1. The van der Waals surface area contributed by atoms with Gasteiger partial charge in [0.2, 0.25) is 11.8 Å². The molecule has 0 bridgehead atoms. The van der Waals surface area contributed by atoms with E-state index in [1.165, 1.54) is 16.7 Å². The molecule has 0 spiro atoms. The number of fused-ring (bicyclic) bond motifs is 1. The van der Waals surface area contributed by atoms with E-state index in [0.29, 0.717) is 14.9 Å². The van der Waals surface area contributed by atoms with E-state index in [-0.39, 0.29) is 35.9 Å². The number of thioether (sulfide) groups is 2. The van der Waals surface area contributed by atoms with Gasteiger partial charge in [0.05, 0.1) is 16.5 Å². The van der Waals surface area contributed by atoms with Crippen molar-refractivity contribution in [1.82, 2.24) is 10.2 Å². The van der Waals surface area contributed by atoms with E-state index in [0.717, 1.165) is 17.3 Å². The van der Waals surface area contributed by atoms with Crippen molar-refractivity contribution in [3.05, 3.63) is 64.1 Å². The van der Waals surface area contributed by atoms with Gasteiger partial charge in [0.15, 0.2) is 0 Å². The maximum atomic E-state index is 12.7. The van der Waals surface area contributed by atoms with Crippen molar-refractivity contribution in [2.75, 3.05) is 12.3 Å². The molecule has 0 aromatic heterocycles. The van der Waals surface area contributed by atoms with Gasteiger partial charge in [-0.3, -0.25) is 14.4 Å². The zero-order chi connectivity index (χ0) is 22.2. The van der Waals surface area contributed by atoms with Crippen molar-refractivity contribution in [3.63, 3.8) is 0 Å². The molecule has 4 rings (SSSR count). The highest BCUT2D eigenvalue weighted by molar-refractivity contribution is 8.05. The van der Waals surface area contributed by atoms with Crippen LogP contribution in [-0.4, -0.2) is 56.3 Å². The number of hydrogen-bond acceptors (Lipinski definition) is 5. The van der Waals surface area contributed by atoms with Gasteiger partial charge in [0, 0.05) is 17.2 Å². The van der Waals surface area contributed by atoms with Crippen molar-refractivity contribution in [2.24, 2.45) is 0 Å². The molecule has 2 unspecified atom stereocenters. The number of carbonyl (C=O) groups is 3. The topological polar surface area (TPSA) is 86.7 Å². The molecule has 2 amide bonds. The number of carboxylic acids is 1. The number of carbonyl (C=O) groups excluding carboxylic acids is 2. The first-order chi connectivity index (χ1) is 14.8. The van der Waals surface area contributed by atoms with Crippen molar-refractivity contribution in [2.45, 2.75) is 27.5 Å². The predicted molar refractivity (Wildman–Crippen MR) is 123 cm³/mol. The van der Waals surface area contributed by atoms with E-state index >= 15 is 0 Å². The van der Waals surface area contributed by atoms with Crippen molar-refractivity contribution in [3.8, 4) is 0 Å². The van der Waals surface area contributed by atoms with Gasteiger partial charge in [-0.25, -0.2) is 0 Å². The van der Waals surface area contributed by atoms with Crippen LogP contribution < -0.4 is 5.32 Å². The SMILES string of the molecule is O=C(Cc1ccccc1)NC1C(=O)N2CC(Sc3ccc(Cl)c(Cl)c3)(C(=O)O)CS[C@H]12. The van der Waals surface area contributed by atoms with Crippen LogP contribution in [0.4, 0.5) is 0 Å². The van der Waals surface area contributed by atoms with Crippen LogP contribution in [-0.2, 0) is 20.8 Å². The Balaban J connectivity index is 1.42. The first-order valence-electron chi connectivity index (χ1n) is 9.42. The number of hydrogen-bond donors (Lipinski definition) is 2. The Labute approximate surface area is 197 Å². The van der Waals surface area contributed by atoms with Gasteiger partial charge in [-0.1, -0.05) is 53.5 Å². The van der Waals surface area contributed by atoms with E-state index in [2.05, 4.69) is 5.32 Å². The van der Waals surface area contributed by atoms with E-state index in [1.54, 1.807) is 18.2 Å². The molecule has 2 N–H and O–H groups in total. The normalized spacial score (nSPS) is 24.8. The van der Waals surface area contributed by atoms with Gasteiger partial charge < -0.3 is 15.3 Å². The van der Waals surface area contributed by atoms with Gasteiger partial charge in [-0.15, -0.1) is 23.5 Å². The number of aliphatic carboxylic acids is 1. The minimum atomic E-state index is -1.22. The molecule has 2 saturated heterocycles. The number of nitrogens with one attached hydrogen (secondary N) is 1. The number of benzene rings is 2. The van der Waals surface area contributed by atoms with Crippen LogP contribution >= 0.6 is 46.7 Å². The highest BCUT2D eigenvalue weighted by Gasteiger charge is 2.57. The lowest BCUT2D eigenvalue weighted by atomic mass is 10.0. The summed E-state index contributed by atoms with van der Waals surface area (Å²) < 4.78 is -1.22. The van der Waals surface area contributed by atoms with Crippen LogP contribution in [0.3, 0.4) is 0 Å². The van der Waals surface area contributed by atoms with E-state index in [1.807, 2.05) is 30.3 Å². The van der Waals surface area contributed by atoms with Gasteiger partial charge >= 0.3 is 5.97 Å². The largest absolute Gasteiger partial charge is 0.480 e. The predicted octanol–water partition coefficient (Wildman–Crippen LogP) is 3.55. The quantitative estimate of drug-likeness (QED) is 0.594. The number of amides is 2. The zero-order valence-electron chi connectivity index (χ0n) is 16.1.